The number of nitrogens with one attached hydrogen (secondary N) is 2. The van der Waals surface area contributed by atoms with Gasteiger partial charge in [-0.3, -0.25) is 9.59 Å². The van der Waals surface area contributed by atoms with Crippen molar-refractivity contribution < 1.29 is 14.7 Å². The molecular formula is C16H21N5O3. The van der Waals surface area contributed by atoms with Crippen LogP contribution in [0, 0.1) is 0 Å². The highest BCUT2D eigenvalue weighted by molar-refractivity contribution is 5.94. The van der Waals surface area contributed by atoms with Crippen molar-refractivity contribution in [3.8, 4) is 5.69 Å². The molecule has 2 amide bonds. The van der Waals surface area contributed by atoms with Crippen LogP contribution in [0.5, 0.6) is 0 Å². The lowest BCUT2D eigenvalue weighted by atomic mass is 10.2. The first kappa shape index (κ1) is 17.6. The number of nitrogens with zero attached hydrogens (tertiary/aromatic N) is 3. The van der Waals surface area contributed by atoms with Gasteiger partial charge in [0.05, 0.1) is 12.3 Å². The monoisotopic (exact) mass is 331 g/mol. The van der Waals surface area contributed by atoms with E-state index in [1.807, 2.05) is 13.8 Å². The third-order valence-corrected chi connectivity index (χ3v) is 3.37. The van der Waals surface area contributed by atoms with Gasteiger partial charge in [0.25, 0.3) is 11.8 Å². The third kappa shape index (κ3) is 3.77. The van der Waals surface area contributed by atoms with Gasteiger partial charge in [-0.25, -0.2) is 4.68 Å². The fraction of sp³-hybridized carbons (Fsp3) is 0.375. The molecule has 0 bridgehead atoms. The van der Waals surface area contributed by atoms with Crippen LogP contribution in [0.2, 0.25) is 0 Å². The summed E-state index contributed by atoms with van der Waals surface area (Å²) in [5.74, 6) is -0.532. The van der Waals surface area contributed by atoms with Gasteiger partial charge in [-0.2, -0.15) is 0 Å². The SMILES string of the molecule is CCCNC(=O)c1nnn(-c2ccc(C(=O)NCC)cc2)c1CO. The van der Waals surface area contributed by atoms with E-state index in [4.69, 9.17) is 0 Å². The van der Waals surface area contributed by atoms with Crippen molar-refractivity contribution in [1.82, 2.24) is 25.6 Å². The number of carbonyl (C=O) groups excluding carboxylic acids is 2. The number of amides is 2. The third-order valence-electron chi connectivity index (χ3n) is 3.37. The molecule has 1 heterocycles. The van der Waals surface area contributed by atoms with Gasteiger partial charge in [0, 0.05) is 18.7 Å². The molecule has 0 unspecified atom stereocenters. The second-order valence-electron chi connectivity index (χ2n) is 5.12. The summed E-state index contributed by atoms with van der Waals surface area (Å²) < 4.78 is 1.39. The maximum Gasteiger partial charge on any atom is 0.273 e. The summed E-state index contributed by atoms with van der Waals surface area (Å²) in [5.41, 5.74) is 1.52. The molecule has 0 atom stereocenters. The lowest BCUT2D eigenvalue weighted by Crippen LogP contribution is -2.25. The molecule has 1 aromatic heterocycles. The van der Waals surface area contributed by atoms with E-state index in [0.717, 1.165) is 6.42 Å². The Morgan fingerprint density at radius 3 is 2.42 bits per heavy atom. The van der Waals surface area contributed by atoms with E-state index in [9.17, 15) is 14.7 Å². The van der Waals surface area contributed by atoms with Gasteiger partial charge >= 0.3 is 0 Å². The molecule has 1 aromatic carbocycles. The van der Waals surface area contributed by atoms with Crippen molar-refractivity contribution in [1.29, 1.82) is 0 Å². The molecule has 0 fully saturated rings. The normalized spacial score (nSPS) is 10.5. The van der Waals surface area contributed by atoms with E-state index >= 15 is 0 Å². The summed E-state index contributed by atoms with van der Waals surface area (Å²) in [6.07, 6.45) is 0.801. The first-order valence-electron chi connectivity index (χ1n) is 7.84. The van der Waals surface area contributed by atoms with Crippen LogP contribution in [0.3, 0.4) is 0 Å². The predicted molar refractivity (Wildman–Crippen MR) is 87.9 cm³/mol. The molecule has 8 nitrogen and oxygen atoms in total. The number of hydrogen-bond acceptors (Lipinski definition) is 5. The largest absolute Gasteiger partial charge is 0.390 e. The molecule has 2 aromatic rings. The Morgan fingerprint density at radius 2 is 1.83 bits per heavy atom. The zero-order chi connectivity index (χ0) is 17.5. The van der Waals surface area contributed by atoms with Gasteiger partial charge in [-0.05, 0) is 37.6 Å². The van der Waals surface area contributed by atoms with Crippen LogP contribution < -0.4 is 10.6 Å². The Bertz CT molecular complexity index is 709. The highest BCUT2D eigenvalue weighted by atomic mass is 16.3. The second-order valence-corrected chi connectivity index (χ2v) is 5.12. The van der Waals surface area contributed by atoms with Gasteiger partial charge < -0.3 is 15.7 Å². The summed E-state index contributed by atoms with van der Waals surface area (Å²) in [4.78, 5) is 23.8. The number of benzene rings is 1. The molecule has 8 heteroatoms. The van der Waals surface area contributed by atoms with Crippen LogP contribution in [-0.2, 0) is 6.61 Å². The van der Waals surface area contributed by atoms with E-state index in [0.29, 0.717) is 30.0 Å². The van der Waals surface area contributed by atoms with Crippen LogP contribution in [0.1, 0.15) is 46.8 Å². The molecule has 0 saturated carbocycles. The molecule has 0 aliphatic rings. The molecule has 24 heavy (non-hydrogen) atoms. The Morgan fingerprint density at radius 1 is 1.12 bits per heavy atom. The molecule has 2 rings (SSSR count). The smallest absolute Gasteiger partial charge is 0.273 e. The molecule has 0 radical (unpaired) electrons. The average Bonchev–Trinajstić information content (AvgIpc) is 3.04. The zero-order valence-electron chi connectivity index (χ0n) is 13.7. The number of carbonyl (C=O) groups is 2. The minimum Gasteiger partial charge on any atom is -0.390 e. The van der Waals surface area contributed by atoms with Crippen LogP contribution in [0.25, 0.3) is 5.69 Å². The van der Waals surface area contributed by atoms with E-state index in [-0.39, 0.29) is 24.1 Å². The summed E-state index contributed by atoms with van der Waals surface area (Å²) in [7, 11) is 0. The van der Waals surface area contributed by atoms with Gasteiger partial charge in [0.1, 0.15) is 5.69 Å². The summed E-state index contributed by atoms with van der Waals surface area (Å²) in [6.45, 7) is 4.49. The van der Waals surface area contributed by atoms with Gasteiger partial charge in [0.15, 0.2) is 5.69 Å². The highest BCUT2D eigenvalue weighted by Gasteiger charge is 2.19. The lowest BCUT2D eigenvalue weighted by Gasteiger charge is -2.07. The first-order valence-corrected chi connectivity index (χ1v) is 7.84. The summed E-state index contributed by atoms with van der Waals surface area (Å²) >= 11 is 0. The van der Waals surface area contributed by atoms with E-state index < -0.39 is 0 Å². The minimum atomic E-state index is -0.375. The fourth-order valence-electron chi connectivity index (χ4n) is 2.17. The molecule has 0 spiro atoms. The number of hydrogen-bond donors (Lipinski definition) is 3. The van der Waals surface area contributed by atoms with Crippen molar-refractivity contribution in [3.63, 3.8) is 0 Å². The minimum absolute atomic E-state index is 0.0961. The topological polar surface area (TPSA) is 109 Å². The van der Waals surface area contributed by atoms with Crippen molar-refractivity contribution >= 4 is 11.8 Å². The standard InChI is InChI=1S/C16H21N5O3/c1-3-9-18-16(24)14-13(10-22)21(20-19-14)12-7-5-11(6-8-12)15(23)17-4-2/h5-8,22H,3-4,9-10H2,1-2H3,(H,17,23)(H,18,24). The molecule has 0 aliphatic heterocycles. The van der Waals surface area contributed by atoms with Gasteiger partial charge in [-0.1, -0.05) is 12.1 Å². The second kappa shape index (κ2) is 8.21. The molecular weight excluding hydrogens is 310 g/mol. The Kier molecular flexibility index (Phi) is 6.02. The van der Waals surface area contributed by atoms with Crippen molar-refractivity contribution in [2.24, 2.45) is 0 Å². The average molecular weight is 331 g/mol. The van der Waals surface area contributed by atoms with Crippen molar-refractivity contribution in [2.75, 3.05) is 13.1 Å². The maximum atomic E-state index is 12.1. The lowest BCUT2D eigenvalue weighted by molar-refractivity contribution is 0.0941. The van der Waals surface area contributed by atoms with E-state index in [1.165, 1.54) is 4.68 Å². The maximum absolute atomic E-state index is 12.1. The van der Waals surface area contributed by atoms with Gasteiger partial charge in [0.2, 0.25) is 0 Å². The first-order chi connectivity index (χ1) is 11.6. The predicted octanol–water partition coefficient (Wildman–Crippen LogP) is 0.649. The van der Waals surface area contributed by atoms with E-state index in [2.05, 4.69) is 20.9 Å². The molecule has 0 aliphatic carbocycles. The Labute approximate surface area is 139 Å². The number of aliphatic hydroxyl groups excluding tert-OH is 1. The summed E-state index contributed by atoms with van der Waals surface area (Å²) in [5, 5.41) is 22.8. The van der Waals surface area contributed by atoms with Crippen LogP contribution in [0.4, 0.5) is 0 Å². The van der Waals surface area contributed by atoms with Crippen molar-refractivity contribution in [3.05, 3.63) is 41.2 Å². The Hall–Kier alpha value is -2.74. The van der Waals surface area contributed by atoms with Crippen LogP contribution in [-0.4, -0.2) is 45.0 Å². The Balaban J connectivity index is 2.27. The highest BCUT2D eigenvalue weighted by Crippen LogP contribution is 2.14. The molecule has 128 valence electrons. The van der Waals surface area contributed by atoms with Crippen LogP contribution in [0.15, 0.2) is 24.3 Å². The quantitative estimate of drug-likeness (QED) is 0.690. The zero-order valence-corrected chi connectivity index (χ0v) is 13.7. The van der Waals surface area contributed by atoms with Gasteiger partial charge in [-0.15, -0.1) is 5.10 Å². The summed E-state index contributed by atoms with van der Waals surface area (Å²) in [6, 6.07) is 6.68. The van der Waals surface area contributed by atoms with E-state index in [1.54, 1.807) is 24.3 Å². The number of aliphatic hydroxyl groups is 1. The van der Waals surface area contributed by atoms with Crippen molar-refractivity contribution in [2.45, 2.75) is 26.9 Å². The molecule has 3 N–H and O–H groups in total. The van der Waals surface area contributed by atoms with Crippen LogP contribution >= 0.6 is 0 Å². The fourth-order valence-corrected chi connectivity index (χ4v) is 2.17. The number of rotatable bonds is 7. The number of aromatic nitrogens is 3. The molecule has 0 saturated heterocycles.